The van der Waals surface area contributed by atoms with Gasteiger partial charge >= 0.3 is 5.97 Å². The van der Waals surface area contributed by atoms with Crippen LogP contribution in [0.3, 0.4) is 0 Å². The number of benzene rings is 1. The van der Waals surface area contributed by atoms with Gasteiger partial charge in [0.05, 0.1) is 11.3 Å². The first-order chi connectivity index (χ1) is 9.16. The van der Waals surface area contributed by atoms with Crippen molar-refractivity contribution in [2.24, 2.45) is 0 Å². The third-order valence-corrected chi connectivity index (χ3v) is 2.92. The van der Waals surface area contributed by atoms with Gasteiger partial charge in [-0.2, -0.15) is 0 Å². The summed E-state index contributed by atoms with van der Waals surface area (Å²) in [7, 11) is 0. The van der Waals surface area contributed by atoms with Gasteiger partial charge in [-0.05, 0) is 36.8 Å². The average Bonchev–Trinajstić information content (AvgIpc) is 2.46. The second-order valence-electron chi connectivity index (χ2n) is 4.36. The third kappa shape index (κ3) is 3.63. The SMILES string of the molecule is C[C@@H](NCc1cccc(C(=O)O)c1)c1ccccn1. The highest BCUT2D eigenvalue weighted by atomic mass is 16.4. The predicted molar refractivity (Wildman–Crippen MR) is 72.9 cm³/mol. The van der Waals surface area contributed by atoms with Gasteiger partial charge in [0.1, 0.15) is 0 Å². The summed E-state index contributed by atoms with van der Waals surface area (Å²) in [6, 6.07) is 12.9. The van der Waals surface area contributed by atoms with Crippen molar-refractivity contribution in [2.75, 3.05) is 0 Å². The summed E-state index contributed by atoms with van der Waals surface area (Å²) in [6.07, 6.45) is 1.76. The zero-order chi connectivity index (χ0) is 13.7. The quantitative estimate of drug-likeness (QED) is 0.863. The molecule has 1 aromatic heterocycles. The first-order valence-corrected chi connectivity index (χ1v) is 6.13. The van der Waals surface area contributed by atoms with Crippen LogP contribution in [0.15, 0.2) is 48.7 Å². The minimum absolute atomic E-state index is 0.120. The van der Waals surface area contributed by atoms with Gasteiger partial charge in [-0.3, -0.25) is 4.98 Å². The van der Waals surface area contributed by atoms with Gasteiger partial charge in [-0.1, -0.05) is 18.2 Å². The fourth-order valence-electron chi connectivity index (χ4n) is 1.82. The van der Waals surface area contributed by atoms with E-state index in [1.54, 1.807) is 24.4 Å². The van der Waals surface area contributed by atoms with Gasteiger partial charge in [0.2, 0.25) is 0 Å². The molecule has 2 aromatic rings. The number of hydrogen-bond donors (Lipinski definition) is 2. The first-order valence-electron chi connectivity index (χ1n) is 6.13. The van der Waals surface area contributed by atoms with Crippen LogP contribution in [0.25, 0.3) is 0 Å². The molecule has 19 heavy (non-hydrogen) atoms. The van der Waals surface area contributed by atoms with E-state index in [0.29, 0.717) is 12.1 Å². The number of carboxylic acids is 1. The molecule has 0 amide bonds. The number of nitrogens with zero attached hydrogens (tertiary/aromatic N) is 1. The molecule has 0 bridgehead atoms. The number of hydrogen-bond acceptors (Lipinski definition) is 3. The molecule has 4 nitrogen and oxygen atoms in total. The number of carboxylic acid groups (broad SMARTS) is 1. The summed E-state index contributed by atoms with van der Waals surface area (Å²) >= 11 is 0. The second-order valence-corrected chi connectivity index (χ2v) is 4.36. The molecular formula is C15H16N2O2. The fraction of sp³-hybridized carbons (Fsp3) is 0.200. The number of aromatic nitrogens is 1. The van der Waals surface area contributed by atoms with Crippen LogP contribution in [0.2, 0.25) is 0 Å². The maximum absolute atomic E-state index is 10.9. The van der Waals surface area contributed by atoms with Crippen molar-refractivity contribution in [1.29, 1.82) is 0 Å². The van der Waals surface area contributed by atoms with E-state index in [9.17, 15) is 4.79 Å². The van der Waals surface area contributed by atoms with E-state index in [0.717, 1.165) is 11.3 Å². The van der Waals surface area contributed by atoms with Gasteiger partial charge in [0.25, 0.3) is 0 Å². The normalized spacial score (nSPS) is 12.1. The van der Waals surface area contributed by atoms with Crippen molar-refractivity contribution in [3.05, 3.63) is 65.5 Å². The van der Waals surface area contributed by atoms with Crippen LogP contribution in [0.5, 0.6) is 0 Å². The van der Waals surface area contributed by atoms with E-state index in [1.165, 1.54) is 0 Å². The lowest BCUT2D eigenvalue weighted by atomic mass is 10.1. The number of carbonyl (C=O) groups is 1. The Labute approximate surface area is 112 Å². The number of aromatic carboxylic acids is 1. The maximum atomic E-state index is 10.9. The van der Waals surface area contributed by atoms with Gasteiger partial charge in [0.15, 0.2) is 0 Å². The Bertz CT molecular complexity index is 555. The van der Waals surface area contributed by atoms with Crippen molar-refractivity contribution < 1.29 is 9.90 Å². The number of pyridine rings is 1. The monoisotopic (exact) mass is 256 g/mol. The standard InChI is InChI=1S/C15H16N2O2/c1-11(14-7-2-3-8-16-14)17-10-12-5-4-6-13(9-12)15(18)19/h2-9,11,17H,10H2,1H3,(H,18,19)/t11-/m1/s1. The molecule has 98 valence electrons. The minimum atomic E-state index is -0.903. The molecule has 0 aliphatic carbocycles. The van der Waals surface area contributed by atoms with Gasteiger partial charge in [-0.15, -0.1) is 0 Å². The Morgan fingerprint density at radius 3 is 2.84 bits per heavy atom. The Kier molecular flexibility index (Phi) is 4.26. The molecule has 0 radical (unpaired) electrons. The summed E-state index contributed by atoms with van der Waals surface area (Å²) < 4.78 is 0. The highest BCUT2D eigenvalue weighted by Crippen LogP contribution is 2.10. The molecule has 0 saturated heterocycles. The van der Waals surface area contributed by atoms with Crippen molar-refractivity contribution in [3.8, 4) is 0 Å². The van der Waals surface area contributed by atoms with Gasteiger partial charge in [0, 0.05) is 18.8 Å². The zero-order valence-corrected chi connectivity index (χ0v) is 10.7. The molecule has 0 fully saturated rings. The van der Waals surface area contributed by atoms with E-state index in [4.69, 9.17) is 5.11 Å². The number of nitrogens with one attached hydrogen (secondary N) is 1. The molecule has 0 unspecified atom stereocenters. The van der Waals surface area contributed by atoms with Crippen molar-refractivity contribution >= 4 is 5.97 Å². The van der Waals surface area contributed by atoms with Crippen LogP contribution < -0.4 is 5.32 Å². The highest BCUT2D eigenvalue weighted by molar-refractivity contribution is 5.87. The van der Waals surface area contributed by atoms with Crippen molar-refractivity contribution in [1.82, 2.24) is 10.3 Å². The van der Waals surface area contributed by atoms with Crippen LogP contribution in [-0.4, -0.2) is 16.1 Å². The molecule has 2 N–H and O–H groups in total. The van der Waals surface area contributed by atoms with Gasteiger partial charge in [-0.25, -0.2) is 4.79 Å². The van der Waals surface area contributed by atoms with E-state index < -0.39 is 5.97 Å². The molecule has 1 aromatic carbocycles. The smallest absolute Gasteiger partial charge is 0.335 e. The molecule has 0 aliphatic rings. The first kappa shape index (κ1) is 13.2. The Morgan fingerprint density at radius 1 is 1.32 bits per heavy atom. The summed E-state index contributed by atoms with van der Waals surface area (Å²) in [4.78, 5) is 15.2. The molecule has 1 atom stereocenters. The lowest BCUT2D eigenvalue weighted by molar-refractivity contribution is 0.0696. The summed E-state index contributed by atoms with van der Waals surface area (Å²) in [5.74, 6) is -0.903. The molecule has 4 heteroatoms. The Balaban J connectivity index is 1.99. The molecular weight excluding hydrogens is 240 g/mol. The largest absolute Gasteiger partial charge is 0.478 e. The molecule has 0 spiro atoms. The Morgan fingerprint density at radius 2 is 2.16 bits per heavy atom. The highest BCUT2D eigenvalue weighted by Gasteiger charge is 2.07. The van der Waals surface area contributed by atoms with Crippen LogP contribution >= 0.6 is 0 Å². The average molecular weight is 256 g/mol. The summed E-state index contributed by atoms with van der Waals surface area (Å²) in [5.41, 5.74) is 2.23. The molecule has 1 heterocycles. The van der Waals surface area contributed by atoms with Crippen molar-refractivity contribution in [3.63, 3.8) is 0 Å². The number of rotatable bonds is 5. The summed E-state index contributed by atoms with van der Waals surface area (Å²) in [5, 5.41) is 12.3. The van der Waals surface area contributed by atoms with Gasteiger partial charge < -0.3 is 10.4 Å². The maximum Gasteiger partial charge on any atom is 0.335 e. The Hall–Kier alpha value is -2.20. The van der Waals surface area contributed by atoms with Crippen LogP contribution in [0, 0.1) is 0 Å². The second kappa shape index (κ2) is 6.11. The summed E-state index contributed by atoms with van der Waals surface area (Å²) in [6.45, 7) is 2.64. The molecule has 0 saturated carbocycles. The topological polar surface area (TPSA) is 62.2 Å². The fourth-order valence-corrected chi connectivity index (χ4v) is 1.82. The van der Waals surface area contributed by atoms with Crippen LogP contribution in [0.4, 0.5) is 0 Å². The van der Waals surface area contributed by atoms with E-state index in [-0.39, 0.29) is 6.04 Å². The third-order valence-electron chi connectivity index (χ3n) is 2.92. The van der Waals surface area contributed by atoms with Crippen molar-refractivity contribution in [2.45, 2.75) is 19.5 Å². The van der Waals surface area contributed by atoms with E-state index in [1.807, 2.05) is 31.2 Å². The zero-order valence-electron chi connectivity index (χ0n) is 10.7. The lowest BCUT2D eigenvalue weighted by Gasteiger charge is -2.13. The molecule has 0 aliphatic heterocycles. The molecule has 2 rings (SSSR count). The minimum Gasteiger partial charge on any atom is -0.478 e. The van der Waals surface area contributed by atoms with Crippen LogP contribution in [-0.2, 0) is 6.54 Å². The van der Waals surface area contributed by atoms with E-state index >= 15 is 0 Å². The lowest BCUT2D eigenvalue weighted by Crippen LogP contribution is -2.19. The predicted octanol–water partition coefficient (Wildman–Crippen LogP) is 2.63. The van der Waals surface area contributed by atoms with Crippen LogP contribution in [0.1, 0.15) is 34.6 Å². The van der Waals surface area contributed by atoms with E-state index in [2.05, 4.69) is 10.3 Å².